The van der Waals surface area contributed by atoms with Crippen molar-refractivity contribution in [2.24, 2.45) is 11.8 Å². The number of carbonyl (C=O) groups excluding carboxylic acids is 2. The van der Waals surface area contributed by atoms with E-state index in [0.717, 1.165) is 16.7 Å². The average molecular weight is 505 g/mol. The molecular weight excluding hydrogens is 484 g/mol. The third-order valence-corrected chi connectivity index (χ3v) is 7.36. The fourth-order valence-electron chi connectivity index (χ4n) is 4.82. The number of ether oxygens (including phenoxy) is 6. The van der Waals surface area contributed by atoms with Gasteiger partial charge in [-0.05, 0) is 41.0 Å². The van der Waals surface area contributed by atoms with Gasteiger partial charge in [-0.1, -0.05) is 15.9 Å². The zero-order valence-corrected chi connectivity index (χ0v) is 19.3. The molecule has 1 saturated heterocycles. The van der Waals surface area contributed by atoms with Crippen molar-refractivity contribution in [2.45, 2.75) is 17.7 Å². The molecule has 2 heterocycles. The quantitative estimate of drug-likeness (QED) is 0.353. The Bertz CT molecular complexity index is 1090. The van der Waals surface area contributed by atoms with Crippen LogP contribution >= 0.6 is 15.9 Å². The highest BCUT2D eigenvalue weighted by atomic mass is 79.9. The van der Waals surface area contributed by atoms with Crippen LogP contribution in [-0.2, 0) is 14.3 Å². The molecule has 1 unspecified atom stereocenters. The number of carbonyl (C=O) groups is 2. The molecule has 3 aliphatic rings. The van der Waals surface area contributed by atoms with Crippen molar-refractivity contribution in [3.8, 4) is 28.7 Å². The lowest BCUT2D eigenvalue weighted by Crippen LogP contribution is -2.32. The largest absolute Gasteiger partial charge is 0.493 e. The summed E-state index contributed by atoms with van der Waals surface area (Å²) in [5.74, 6) is 0.596. The van der Waals surface area contributed by atoms with Crippen molar-refractivity contribution in [3.63, 3.8) is 0 Å². The highest BCUT2D eigenvalue weighted by molar-refractivity contribution is 9.09. The fraction of sp³-hybridized carbons (Fsp3) is 0.391. The summed E-state index contributed by atoms with van der Waals surface area (Å²) in [6, 6.07) is 7.44. The lowest BCUT2D eigenvalue weighted by Gasteiger charge is -2.37. The van der Waals surface area contributed by atoms with Crippen LogP contribution in [0.25, 0.3) is 0 Å². The fourth-order valence-corrected chi connectivity index (χ4v) is 5.70. The van der Waals surface area contributed by atoms with E-state index >= 15 is 0 Å². The van der Waals surface area contributed by atoms with E-state index in [2.05, 4.69) is 15.9 Å². The molecule has 2 aromatic rings. The molecule has 4 atom stereocenters. The van der Waals surface area contributed by atoms with Crippen LogP contribution in [0, 0.1) is 11.8 Å². The van der Waals surface area contributed by atoms with E-state index in [1.165, 1.54) is 21.1 Å². The van der Waals surface area contributed by atoms with Gasteiger partial charge in [0, 0.05) is 23.6 Å². The van der Waals surface area contributed by atoms with E-state index in [1.54, 1.807) is 12.1 Å². The number of hydrogen-bond acceptors (Lipinski definition) is 8. The molecule has 0 amide bonds. The first kappa shape index (κ1) is 20.9. The Morgan fingerprint density at radius 3 is 2.22 bits per heavy atom. The maximum Gasteiger partial charge on any atom is 0.310 e. The van der Waals surface area contributed by atoms with E-state index in [0.29, 0.717) is 29.6 Å². The normalized spacial score (nSPS) is 24.9. The molecule has 8 nitrogen and oxygen atoms in total. The zero-order chi connectivity index (χ0) is 22.6. The number of fused-ring (bicyclic) bond motifs is 3. The Balaban J connectivity index is 1.72. The zero-order valence-electron chi connectivity index (χ0n) is 17.7. The number of benzene rings is 2. The summed E-state index contributed by atoms with van der Waals surface area (Å²) in [6.45, 7) is 1.79. The number of hydrogen-bond donors (Lipinski definition) is 0. The summed E-state index contributed by atoms with van der Waals surface area (Å²) >= 11 is 3.79. The summed E-state index contributed by atoms with van der Waals surface area (Å²) < 4.78 is 33.0. The van der Waals surface area contributed by atoms with Crippen LogP contribution in [0.4, 0.5) is 0 Å². The average Bonchev–Trinajstić information content (AvgIpc) is 3.39. The highest BCUT2D eigenvalue weighted by Gasteiger charge is 2.52. The molecule has 0 aromatic heterocycles. The van der Waals surface area contributed by atoms with Crippen LogP contribution in [-0.4, -0.2) is 39.6 Å². The molecule has 1 fully saturated rings. The van der Waals surface area contributed by atoms with E-state index in [-0.39, 0.29) is 35.2 Å². The van der Waals surface area contributed by atoms with E-state index in [4.69, 9.17) is 28.4 Å². The Hall–Kier alpha value is -2.94. The molecule has 1 aliphatic carbocycles. The van der Waals surface area contributed by atoms with Crippen LogP contribution in [0.5, 0.6) is 28.7 Å². The molecule has 0 saturated carbocycles. The van der Waals surface area contributed by atoms with Gasteiger partial charge in [0.1, 0.15) is 0 Å². The van der Waals surface area contributed by atoms with E-state index in [1.807, 2.05) is 12.1 Å². The summed E-state index contributed by atoms with van der Waals surface area (Å²) in [5, 5.41) is 0. The first-order valence-corrected chi connectivity index (χ1v) is 11.0. The third kappa shape index (κ3) is 3.18. The topological polar surface area (TPSA) is 89.5 Å². The minimum absolute atomic E-state index is 0.0643. The van der Waals surface area contributed by atoms with E-state index < -0.39 is 11.9 Å². The maximum atomic E-state index is 12.9. The van der Waals surface area contributed by atoms with Gasteiger partial charge in [0.2, 0.25) is 12.5 Å². The van der Waals surface area contributed by atoms with Gasteiger partial charge in [0.15, 0.2) is 23.0 Å². The molecule has 2 aromatic carbocycles. The predicted octanol–water partition coefficient (Wildman–Crippen LogP) is 3.73. The molecular formula is C23H21BrO8. The van der Waals surface area contributed by atoms with Gasteiger partial charge in [-0.2, -0.15) is 0 Å². The van der Waals surface area contributed by atoms with Crippen LogP contribution in [0.2, 0.25) is 0 Å². The van der Waals surface area contributed by atoms with Crippen LogP contribution < -0.4 is 23.7 Å². The van der Waals surface area contributed by atoms with Gasteiger partial charge in [-0.25, -0.2) is 0 Å². The Labute approximate surface area is 192 Å². The molecule has 5 rings (SSSR count). The number of alkyl halides is 1. The summed E-state index contributed by atoms with van der Waals surface area (Å²) in [5.41, 5.74) is 2.73. The minimum Gasteiger partial charge on any atom is -0.493 e. The number of rotatable bonds is 4. The monoisotopic (exact) mass is 504 g/mol. The predicted molar refractivity (Wildman–Crippen MR) is 115 cm³/mol. The number of esters is 2. The Morgan fingerprint density at radius 2 is 1.62 bits per heavy atom. The second kappa shape index (κ2) is 7.88. The number of methoxy groups -OCH3 is 2. The van der Waals surface area contributed by atoms with Gasteiger partial charge in [0.25, 0.3) is 0 Å². The second-order valence-electron chi connectivity index (χ2n) is 7.88. The molecule has 0 spiro atoms. The maximum absolute atomic E-state index is 12.9. The van der Waals surface area contributed by atoms with Crippen molar-refractivity contribution in [3.05, 3.63) is 41.0 Å². The van der Waals surface area contributed by atoms with Crippen LogP contribution in [0.15, 0.2) is 24.3 Å². The smallest absolute Gasteiger partial charge is 0.310 e. The van der Waals surface area contributed by atoms with Crippen molar-refractivity contribution in [1.29, 1.82) is 0 Å². The molecule has 0 radical (unpaired) electrons. The van der Waals surface area contributed by atoms with Crippen molar-refractivity contribution < 1.29 is 38.0 Å². The molecule has 0 bridgehead atoms. The van der Waals surface area contributed by atoms with Gasteiger partial charge >= 0.3 is 11.9 Å². The third-order valence-electron chi connectivity index (χ3n) is 6.18. The first-order chi connectivity index (χ1) is 15.4. The second-order valence-corrected chi connectivity index (χ2v) is 8.87. The molecule has 2 aliphatic heterocycles. The number of halogens is 1. The number of cyclic esters (lactones) is 1. The van der Waals surface area contributed by atoms with E-state index in [9.17, 15) is 9.59 Å². The summed E-state index contributed by atoms with van der Waals surface area (Å²) in [6.07, 6.45) is 0. The van der Waals surface area contributed by atoms with Gasteiger partial charge in [0.05, 0.1) is 26.7 Å². The van der Waals surface area contributed by atoms with Gasteiger partial charge < -0.3 is 28.4 Å². The lowest BCUT2D eigenvalue weighted by atomic mass is 9.67. The molecule has 9 heteroatoms. The minimum atomic E-state index is -0.494. The molecule has 0 N–H and O–H groups in total. The lowest BCUT2D eigenvalue weighted by molar-refractivity contribution is -0.141. The van der Waals surface area contributed by atoms with Crippen molar-refractivity contribution in [2.75, 3.05) is 27.6 Å². The van der Waals surface area contributed by atoms with Crippen molar-refractivity contribution >= 4 is 27.9 Å². The Morgan fingerprint density at radius 1 is 1.00 bits per heavy atom. The van der Waals surface area contributed by atoms with Gasteiger partial charge in [-0.3, -0.25) is 9.59 Å². The Kier molecular flexibility index (Phi) is 5.16. The standard InChI is InChI=1S/C23H21BrO8/c1-10(25)32-22-17(27-2)4-11(5-18(22)28-3)19-12-6-15-16(31-9-30-15)7-13(12)21(24)14-8-29-23(26)20(14)19/h4-7,14,19-21H,8-9H2,1-3H3/t14?,19-,20+,21-/m1/s1. The van der Waals surface area contributed by atoms with Crippen molar-refractivity contribution in [1.82, 2.24) is 0 Å². The molecule has 168 valence electrons. The summed E-state index contributed by atoms with van der Waals surface area (Å²) in [7, 11) is 2.97. The van der Waals surface area contributed by atoms with Gasteiger partial charge in [-0.15, -0.1) is 0 Å². The molecule has 32 heavy (non-hydrogen) atoms. The SMILES string of the molecule is COc1cc([C@@H]2c3cc4c(cc3[C@@H](Br)C3COC(=O)[C@@H]32)OCO4)cc(OC)c1OC(C)=O. The van der Waals surface area contributed by atoms with Crippen LogP contribution in [0.1, 0.15) is 34.4 Å². The first-order valence-electron chi connectivity index (χ1n) is 10.1. The van der Waals surface area contributed by atoms with Crippen LogP contribution in [0.3, 0.4) is 0 Å². The summed E-state index contributed by atoms with van der Waals surface area (Å²) in [4.78, 5) is 24.4. The highest BCUT2D eigenvalue weighted by Crippen LogP contribution is 2.57.